The largest absolute Gasteiger partial charge is 0.488 e. The van der Waals surface area contributed by atoms with E-state index in [1.165, 1.54) is 6.07 Å². The first-order chi connectivity index (χ1) is 8.60. The number of anilines is 1. The van der Waals surface area contributed by atoms with Crippen LogP contribution in [0.3, 0.4) is 0 Å². The van der Waals surface area contributed by atoms with Crippen molar-refractivity contribution in [2.75, 3.05) is 12.8 Å². The first-order valence-corrected chi connectivity index (χ1v) is 7.12. The van der Waals surface area contributed by atoms with Gasteiger partial charge in [-0.2, -0.15) is 0 Å². The molecule has 0 aliphatic heterocycles. The van der Waals surface area contributed by atoms with Crippen LogP contribution in [-0.4, -0.2) is 19.3 Å². The minimum absolute atomic E-state index is 0.0606. The molecule has 0 heterocycles. The van der Waals surface area contributed by atoms with Gasteiger partial charge in [0.15, 0.2) is 0 Å². The fraction of sp³-hybridized carbons (Fsp3) is 0.538. The zero-order valence-corrected chi connectivity index (χ0v) is 12.4. The van der Waals surface area contributed by atoms with E-state index in [4.69, 9.17) is 15.2 Å². The lowest BCUT2D eigenvalue weighted by molar-refractivity contribution is 0.0211. The second kappa shape index (κ2) is 6.06. The van der Waals surface area contributed by atoms with Gasteiger partial charge in [-0.15, -0.1) is 0 Å². The van der Waals surface area contributed by atoms with Gasteiger partial charge in [0.2, 0.25) is 0 Å². The molecule has 1 aromatic rings. The van der Waals surface area contributed by atoms with Gasteiger partial charge in [-0.05, 0) is 47.9 Å². The summed E-state index contributed by atoms with van der Waals surface area (Å²) < 4.78 is 25.1. The van der Waals surface area contributed by atoms with Crippen molar-refractivity contribution in [2.24, 2.45) is 0 Å². The quantitative estimate of drug-likeness (QED) is 0.660. The Morgan fingerprint density at radius 1 is 1.33 bits per heavy atom. The highest BCUT2D eigenvalue weighted by Crippen LogP contribution is 2.30. The normalized spacial score (nSPS) is 23.9. The summed E-state index contributed by atoms with van der Waals surface area (Å²) >= 11 is 1.92. The Morgan fingerprint density at radius 2 is 2.06 bits per heavy atom. The van der Waals surface area contributed by atoms with Gasteiger partial charge in [-0.3, -0.25) is 0 Å². The van der Waals surface area contributed by atoms with Crippen LogP contribution in [0.25, 0.3) is 0 Å². The van der Waals surface area contributed by atoms with E-state index in [-0.39, 0.29) is 18.0 Å². The van der Waals surface area contributed by atoms with Crippen LogP contribution in [0, 0.1) is 9.39 Å². The molecule has 1 saturated carbocycles. The molecule has 1 aliphatic rings. The summed E-state index contributed by atoms with van der Waals surface area (Å²) in [5, 5.41) is 0. The van der Waals surface area contributed by atoms with Crippen molar-refractivity contribution in [3.8, 4) is 5.75 Å². The molecule has 1 aliphatic carbocycles. The minimum atomic E-state index is -0.293. The van der Waals surface area contributed by atoms with Gasteiger partial charge < -0.3 is 15.2 Å². The molecule has 2 atom stereocenters. The predicted octanol–water partition coefficient (Wildman–Crippen LogP) is 3.35. The second-order valence-electron chi connectivity index (χ2n) is 4.57. The summed E-state index contributed by atoms with van der Waals surface area (Å²) in [5.41, 5.74) is 6.33. The third-order valence-electron chi connectivity index (χ3n) is 3.26. The molecule has 0 bridgehead atoms. The lowest BCUT2D eigenvalue weighted by Gasteiger charge is -2.29. The van der Waals surface area contributed by atoms with Crippen molar-refractivity contribution in [1.82, 2.24) is 0 Å². The summed E-state index contributed by atoms with van der Waals surface area (Å²) in [6.07, 6.45) is 4.23. The van der Waals surface area contributed by atoms with Crippen LogP contribution in [0.5, 0.6) is 5.75 Å². The van der Waals surface area contributed by atoms with Crippen LogP contribution in [-0.2, 0) is 4.74 Å². The number of hydrogen-bond acceptors (Lipinski definition) is 3. The molecule has 1 fully saturated rings. The van der Waals surface area contributed by atoms with Gasteiger partial charge in [0.1, 0.15) is 17.7 Å². The van der Waals surface area contributed by atoms with Crippen molar-refractivity contribution in [3.05, 3.63) is 21.5 Å². The average molecular weight is 365 g/mol. The maximum Gasteiger partial charge on any atom is 0.145 e. The van der Waals surface area contributed by atoms with E-state index in [1.807, 2.05) is 22.6 Å². The van der Waals surface area contributed by atoms with Crippen LogP contribution in [0.2, 0.25) is 0 Å². The van der Waals surface area contributed by atoms with Crippen LogP contribution in [0.4, 0.5) is 10.1 Å². The van der Waals surface area contributed by atoms with Gasteiger partial charge >= 0.3 is 0 Å². The summed E-state index contributed by atoms with van der Waals surface area (Å²) in [7, 11) is 1.71. The topological polar surface area (TPSA) is 44.5 Å². The van der Waals surface area contributed by atoms with E-state index in [0.29, 0.717) is 15.0 Å². The second-order valence-corrected chi connectivity index (χ2v) is 5.73. The van der Waals surface area contributed by atoms with Crippen molar-refractivity contribution in [3.63, 3.8) is 0 Å². The summed E-state index contributed by atoms with van der Waals surface area (Å²) in [4.78, 5) is 0. The Balaban J connectivity index is 2.07. The van der Waals surface area contributed by atoms with Gasteiger partial charge in [0.05, 0.1) is 15.4 Å². The first-order valence-electron chi connectivity index (χ1n) is 6.04. The van der Waals surface area contributed by atoms with Crippen molar-refractivity contribution in [2.45, 2.75) is 37.9 Å². The molecule has 100 valence electrons. The van der Waals surface area contributed by atoms with Gasteiger partial charge in [-0.25, -0.2) is 4.39 Å². The Hall–Kier alpha value is -0.560. The highest BCUT2D eigenvalue weighted by molar-refractivity contribution is 14.1. The van der Waals surface area contributed by atoms with Crippen molar-refractivity contribution in [1.29, 1.82) is 0 Å². The Labute approximate surface area is 120 Å². The average Bonchev–Trinajstić information content (AvgIpc) is 2.36. The third-order valence-corrected chi connectivity index (χ3v) is 4.08. The van der Waals surface area contributed by atoms with E-state index in [9.17, 15) is 4.39 Å². The minimum Gasteiger partial charge on any atom is -0.488 e. The monoisotopic (exact) mass is 365 g/mol. The van der Waals surface area contributed by atoms with E-state index in [0.717, 1.165) is 25.7 Å². The Morgan fingerprint density at radius 3 is 2.78 bits per heavy atom. The molecule has 0 spiro atoms. The van der Waals surface area contributed by atoms with E-state index >= 15 is 0 Å². The maximum absolute atomic E-state index is 13.5. The first kappa shape index (κ1) is 13.9. The van der Waals surface area contributed by atoms with E-state index < -0.39 is 0 Å². The molecule has 3 nitrogen and oxygen atoms in total. The highest BCUT2D eigenvalue weighted by Gasteiger charge is 2.23. The number of benzene rings is 1. The molecule has 2 rings (SSSR count). The third kappa shape index (κ3) is 3.26. The number of methoxy groups -OCH3 is 1. The highest BCUT2D eigenvalue weighted by atomic mass is 127. The molecule has 0 saturated heterocycles. The molecule has 0 amide bonds. The van der Waals surface area contributed by atoms with E-state index in [2.05, 4.69) is 0 Å². The molecule has 2 N–H and O–H groups in total. The Kier molecular flexibility index (Phi) is 4.66. The summed E-state index contributed by atoms with van der Waals surface area (Å²) in [5.74, 6) is 0.147. The molecule has 18 heavy (non-hydrogen) atoms. The SMILES string of the molecule is COC1CCCC(Oc2cc(F)c(I)cc2N)C1. The summed E-state index contributed by atoms with van der Waals surface area (Å²) in [6, 6.07) is 2.97. The van der Waals surface area contributed by atoms with Crippen LogP contribution >= 0.6 is 22.6 Å². The number of halogens is 2. The van der Waals surface area contributed by atoms with Crippen LogP contribution in [0.1, 0.15) is 25.7 Å². The molecule has 5 heteroatoms. The van der Waals surface area contributed by atoms with Crippen molar-refractivity contribution >= 4 is 28.3 Å². The fourth-order valence-electron chi connectivity index (χ4n) is 2.25. The maximum atomic E-state index is 13.5. The fourth-order valence-corrected chi connectivity index (χ4v) is 2.74. The van der Waals surface area contributed by atoms with E-state index in [1.54, 1.807) is 13.2 Å². The van der Waals surface area contributed by atoms with Gasteiger partial charge in [0.25, 0.3) is 0 Å². The number of rotatable bonds is 3. The molecule has 2 unspecified atom stereocenters. The van der Waals surface area contributed by atoms with Gasteiger partial charge in [-0.1, -0.05) is 0 Å². The molecule has 0 aromatic heterocycles. The standard InChI is InChI=1S/C13H17FINO2/c1-17-8-3-2-4-9(5-8)18-13-6-10(14)11(15)7-12(13)16/h6-9H,2-5,16H2,1H3. The molecular formula is C13H17FINO2. The zero-order valence-electron chi connectivity index (χ0n) is 10.3. The molecular weight excluding hydrogens is 348 g/mol. The summed E-state index contributed by atoms with van der Waals surface area (Å²) in [6.45, 7) is 0. The lowest BCUT2D eigenvalue weighted by Crippen LogP contribution is -2.29. The molecule has 0 radical (unpaired) electrons. The number of nitrogen functional groups attached to an aromatic ring is 1. The van der Waals surface area contributed by atoms with Crippen LogP contribution in [0.15, 0.2) is 12.1 Å². The zero-order chi connectivity index (χ0) is 13.1. The Bertz CT molecular complexity index is 428. The molecule has 1 aromatic carbocycles. The number of hydrogen-bond donors (Lipinski definition) is 1. The number of nitrogens with two attached hydrogens (primary N) is 1. The smallest absolute Gasteiger partial charge is 0.145 e. The lowest BCUT2D eigenvalue weighted by atomic mass is 9.95. The predicted molar refractivity (Wildman–Crippen MR) is 77.2 cm³/mol. The van der Waals surface area contributed by atoms with Crippen molar-refractivity contribution < 1.29 is 13.9 Å². The number of ether oxygens (including phenoxy) is 2. The van der Waals surface area contributed by atoms with Gasteiger partial charge in [0, 0.05) is 19.6 Å². The van der Waals surface area contributed by atoms with Crippen LogP contribution < -0.4 is 10.5 Å².